The first kappa shape index (κ1) is 12.0. The lowest BCUT2D eigenvalue weighted by Gasteiger charge is -2.35. The molecule has 90 valence electrons. The average Bonchev–Trinajstić information content (AvgIpc) is 2.67. The molecule has 0 aromatic carbocycles. The van der Waals surface area contributed by atoms with Crippen LogP contribution in [0.2, 0.25) is 0 Å². The van der Waals surface area contributed by atoms with E-state index in [4.69, 9.17) is 0 Å². The molecule has 3 nitrogen and oxygen atoms in total. The Kier molecular flexibility index (Phi) is 4.32. The fourth-order valence-corrected chi connectivity index (χ4v) is 3.23. The van der Waals surface area contributed by atoms with E-state index in [9.17, 15) is 0 Å². The zero-order valence-electron chi connectivity index (χ0n) is 10.2. The average molecular weight is 239 g/mol. The second kappa shape index (κ2) is 5.75. The topological polar surface area (TPSA) is 28.2 Å². The molecule has 1 unspecified atom stereocenters. The molecule has 1 aromatic rings. The van der Waals surface area contributed by atoms with E-state index < -0.39 is 0 Å². The monoisotopic (exact) mass is 239 g/mol. The minimum absolute atomic E-state index is 0.709. The van der Waals surface area contributed by atoms with E-state index in [1.54, 1.807) is 0 Å². The van der Waals surface area contributed by atoms with E-state index in [0.717, 1.165) is 13.1 Å². The minimum Gasteiger partial charge on any atom is -0.318 e. The Morgan fingerprint density at radius 2 is 2.44 bits per heavy atom. The summed E-state index contributed by atoms with van der Waals surface area (Å²) in [4.78, 5) is 8.34. The Morgan fingerprint density at radius 3 is 3.12 bits per heavy atom. The van der Waals surface area contributed by atoms with Crippen molar-refractivity contribution in [3.05, 3.63) is 16.1 Å². The second-order valence-corrected chi connectivity index (χ2v) is 5.84. The summed E-state index contributed by atoms with van der Waals surface area (Å²) in [6, 6.07) is 0.709. The number of hydrogen-bond donors (Lipinski definition) is 1. The van der Waals surface area contributed by atoms with Gasteiger partial charge >= 0.3 is 0 Å². The number of rotatable bonds is 4. The van der Waals surface area contributed by atoms with Crippen molar-refractivity contribution >= 4 is 11.3 Å². The SMILES string of the molecule is CNCC1CCCCN1Cc1cnc(C)s1. The maximum absolute atomic E-state index is 4.33. The molecule has 1 aliphatic heterocycles. The smallest absolute Gasteiger partial charge is 0.0897 e. The molecule has 0 amide bonds. The van der Waals surface area contributed by atoms with Crippen molar-refractivity contribution in [2.45, 2.75) is 38.8 Å². The summed E-state index contributed by atoms with van der Waals surface area (Å²) >= 11 is 1.83. The van der Waals surface area contributed by atoms with Gasteiger partial charge in [0.15, 0.2) is 0 Å². The number of nitrogens with one attached hydrogen (secondary N) is 1. The van der Waals surface area contributed by atoms with E-state index in [-0.39, 0.29) is 0 Å². The van der Waals surface area contributed by atoms with Crippen LogP contribution in [0.5, 0.6) is 0 Å². The van der Waals surface area contributed by atoms with Crippen LogP contribution in [-0.2, 0) is 6.54 Å². The number of nitrogens with zero attached hydrogens (tertiary/aromatic N) is 2. The summed E-state index contributed by atoms with van der Waals surface area (Å²) in [6.07, 6.45) is 6.09. The lowest BCUT2D eigenvalue weighted by atomic mass is 10.0. The summed E-state index contributed by atoms with van der Waals surface area (Å²) in [6.45, 7) is 5.51. The van der Waals surface area contributed by atoms with E-state index in [0.29, 0.717) is 6.04 Å². The summed E-state index contributed by atoms with van der Waals surface area (Å²) in [5, 5.41) is 4.48. The molecule has 1 saturated heterocycles. The predicted octanol–water partition coefficient (Wildman–Crippen LogP) is 2.03. The maximum Gasteiger partial charge on any atom is 0.0897 e. The Balaban J connectivity index is 1.95. The van der Waals surface area contributed by atoms with Gasteiger partial charge < -0.3 is 5.32 Å². The molecule has 16 heavy (non-hydrogen) atoms. The van der Waals surface area contributed by atoms with Gasteiger partial charge in [-0.1, -0.05) is 6.42 Å². The molecule has 2 heterocycles. The summed E-state index contributed by atoms with van der Waals surface area (Å²) in [7, 11) is 2.05. The van der Waals surface area contributed by atoms with Crippen LogP contribution in [0.15, 0.2) is 6.20 Å². The Bertz CT molecular complexity index is 322. The van der Waals surface area contributed by atoms with Crippen molar-refractivity contribution in [3.8, 4) is 0 Å². The van der Waals surface area contributed by atoms with Crippen molar-refractivity contribution in [1.82, 2.24) is 15.2 Å². The molecule has 0 radical (unpaired) electrons. The van der Waals surface area contributed by atoms with E-state index in [1.807, 2.05) is 24.6 Å². The number of likely N-dealkylation sites (N-methyl/N-ethyl adjacent to an activating group) is 1. The van der Waals surface area contributed by atoms with Gasteiger partial charge in [0.2, 0.25) is 0 Å². The molecule has 0 saturated carbocycles. The van der Waals surface area contributed by atoms with E-state index >= 15 is 0 Å². The number of aryl methyl sites for hydroxylation is 1. The highest BCUT2D eigenvalue weighted by atomic mass is 32.1. The Hall–Kier alpha value is -0.450. The van der Waals surface area contributed by atoms with Gasteiger partial charge in [0.25, 0.3) is 0 Å². The lowest BCUT2D eigenvalue weighted by molar-refractivity contribution is 0.140. The fourth-order valence-electron chi connectivity index (χ4n) is 2.41. The molecule has 0 bridgehead atoms. The van der Waals surface area contributed by atoms with Crippen molar-refractivity contribution in [2.75, 3.05) is 20.1 Å². The third-order valence-electron chi connectivity index (χ3n) is 3.22. The van der Waals surface area contributed by atoms with Crippen LogP contribution < -0.4 is 5.32 Å². The number of thiazole rings is 1. The predicted molar refractivity (Wildman–Crippen MR) is 68.8 cm³/mol. The zero-order chi connectivity index (χ0) is 11.4. The third kappa shape index (κ3) is 3.03. The first-order valence-corrected chi connectivity index (χ1v) is 6.91. The van der Waals surface area contributed by atoms with Crippen LogP contribution in [0.25, 0.3) is 0 Å². The molecule has 0 spiro atoms. The first-order chi connectivity index (χ1) is 7.79. The largest absolute Gasteiger partial charge is 0.318 e. The molecule has 1 aliphatic rings. The van der Waals surface area contributed by atoms with Gasteiger partial charge in [0.05, 0.1) is 5.01 Å². The van der Waals surface area contributed by atoms with Gasteiger partial charge in [-0.05, 0) is 33.4 Å². The Morgan fingerprint density at radius 1 is 1.56 bits per heavy atom. The highest BCUT2D eigenvalue weighted by Crippen LogP contribution is 2.21. The van der Waals surface area contributed by atoms with Gasteiger partial charge in [-0.2, -0.15) is 0 Å². The van der Waals surface area contributed by atoms with Crippen molar-refractivity contribution in [1.29, 1.82) is 0 Å². The van der Waals surface area contributed by atoms with Crippen LogP contribution in [0, 0.1) is 6.92 Å². The normalized spacial score (nSPS) is 22.5. The van der Waals surface area contributed by atoms with Crippen LogP contribution in [0.1, 0.15) is 29.1 Å². The summed E-state index contributed by atoms with van der Waals surface area (Å²) < 4.78 is 0. The summed E-state index contributed by atoms with van der Waals surface area (Å²) in [5.41, 5.74) is 0. The Labute approximate surface area is 102 Å². The highest BCUT2D eigenvalue weighted by molar-refractivity contribution is 7.11. The van der Waals surface area contributed by atoms with Crippen molar-refractivity contribution in [3.63, 3.8) is 0 Å². The highest BCUT2D eigenvalue weighted by Gasteiger charge is 2.22. The number of piperidine rings is 1. The van der Waals surface area contributed by atoms with E-state index in [2.05, 4.69) is 22.1 Å². The zero-order valence-corrected chi connectivity index (χ0v) is 11.0. The quantitative estimate of drug-likeness (QED) is 0.871. The van der Waals surface area contributed by atoms with Gasteiger partial charge in [-0.15, -0.1) is 11.3 Å². The molecular weight excluding hydrogens is 218 g/mol. The number of likely N-dealkylation sites (tertiary alicyclic amines) is 1. The van der Waals surface area contributed by atoms with Crippen LogP contribution in [0.4, 0.5) is 0 Å². The molecule has 1 aromatic heterocycles. The molecule has 1 fully saturated rings. The number of aromatic nitrogens is 1. The van der Waals surface area contributed by atoms with Gasteiger partial charge in [0.1, 0.15) is 0 Å². The lowest BCUT2D eigenvalue weighted by Crippen LogP contribution is -2.44. The molecular formula is C12H21N3S. The minimum atomic E-state index is 0.709. The number of hydrogen-bond acceptors (Lipinski definition) is 4. The molecule has 1 atom stereocenters. The van der Waals surface area contributed by atoms with Crippen LogP contribution >= 0.6 is 11.3 Å². The fraction of sp³-hybridized carbons (Fsp3) is 0.750. The second-order valence-electron chi connectivity index (χ2n) is 4.52. The van der Waals surface area contributed by atoms with Gasteiger partial charge in [-0.3, -0.25) is 4.90 Å². The molecule has 1 N–H and O–H groups in total. The summed E-state index contributed by atoms with van der Waals surface area (Å²) in [5.74, 6) is 0. The van der Waals surface area contributed by atoms with Crippen molar-refractivity contribution in [2.24, 2.45) is 0 Å². The van der Waals surface area contributed by atoms with Gasteiger partial charge in [-0.25, -0.2) is 4.98 Å². The van der Waals surface area contributed by atoms with Crippen LogP contribution in [0.3, 0.4) is 0 Å². The molecule has 2 rings (SSSR count). The molecule has 0 aliphatic carbocycles. The van der Waals surface area contributed by atoms with Gasteiger partial charge in [0, 0.05) is 30.2 Å². The third-order valence-corrected chi connectivity index (χ3v) is 4.11. The molecule has 4 heteroatoms. The van der Waals surface area contributed by atoms with Crippen LogP contribution in [-0.4, -0.2) is 36.1 Å². The van der Waals surface area contributed by atoms with E-state index in [1.165, 1.54) is 35.7 Å². The standard InChI is InChI=1S/C12H21N3S/c1-10-14-8-12(16-10)9-15-6-4-3-5-11(15)7-13-2/h8,11,13H,3-7,9H2,1-2H3. The van der Waals surface area contributed by atoms with Crippen molar-refractivity contribution < 1.29 is 0 Å². The first-order valence-electron chi connectivity index (χ1n) is 6.09. The maximum atomic E-state index is 4.33.